The minimum atomic E-state index is -0.408. The summed E-state index contributed by atoms with van der Waals surface area (Å²) in [7, 11) is 3.85. The van der Waals surface area contributed by atoms with Crippen LogP contribution in [0.4, 0.5) is 11.5 Å². The summed E-state index contributed by atoms with van der Waals surface area (Å²) in [6, 6.07) is 15.9. The van der Waals surface area contributed by atoms with E-state index < -0.39 is 5.41 Å². The Hall–Kier alpha value is -3.74. The highest BCUT2D eigenvalue weighted by molar-refractivity contribution is 5.76. The highest BCUT2D eigenvalue weighted by Gasteiger charge is 2.41. The molecule has 156 valence electrons. The molecule has 0 unspecified atom stereocenters. The minimum absolute atomic E-state index is 0.408. The molecule has 7 nitrogen and oxygen atoms in total. The minimum Gasteiger partial charge on any atom is -0.425 e. The van der Waals surface area contributed by atoms with Gasteiger partial charge in [-0.25, -0.2) is 9.97 Å². The number of imidazole rings is 1. The van der Waals surface area contributed by atoms with E-state index in [-0.39, 0.29) is 0 Å². The van der Waals surface area contributed by atoms with Crippen LogP contribution in [0.5, 0.6) is 11.8 Å². The van der Waals surface area contributed by atoms with Crippen LogP contribution in [0.25, 0.3) is 11.2 Å². The Bertz CT molecular complexity index is 1240. The fraction of sp³-hybridized carbons (Fsp3) is 0.250. The number of benzene rings is 1. The number of carbonyl (C=O) groups is 1. The SMILES string of the molecule is CN(c1ccc(Oc2nc3cccnc3n2C)cc1)c1ncccc1C1(C=O)CCC1. The zero-order valence-corrected chi connectivity index (χ0v) is 17.5. The molecular formula is C24H23N5O2. The second-order valence-corrected chi connectivity index (χ2v) is 7.96. The maximum absolute atomic E-state index is 11.9. The number of hydrogen-bond acceptors (Lipinski definition) is 6. The summed E-state index contributed by atoms with van der Waals surface area (Å²) in [6.45, 7) is 0. The first kappa shape index (κ1) is 19.2. The maximum Gasteiger partial charge on any atom is 0.303 e. The maximum atomic E-state index is 11.9. The normalized spacial score (nSPS) is 14.8. The summed E-state index contributed by atoms with van der Waals surface area (Å²) in [6.07, 6.45) is 7.42. The van der Waals surface area contributed by atoms with Gasteiger partial charge in [0.05, 0.1) is 5.41 Å². The molecule has 0 amide bonds. The zero-order valence-electron chi connectivity index (χ0n) is 17.5. The average Bonchev–Trinajstić information content (AvgIpc) is 3.09. The van der Waals surface area contributed by atoms with Crippen LogP contribution in [0.3, 0.4) is 0 Å². The number of hydrogen-bond donors (Lipinski definition) is 0. The summed E-state index contributed by atoms with van der Waals surface area (Å²) in [5, 5.41) is 0. The van der Waals surface area contributed by atoms with Crippen LogP contribution in [0.1, 0.15) is 24.8 Å². The number of aryl methyl sites for hydroxylation is 1. The summed E-state index contributed by atoms with van der Waals surface area (Å²) in [5.74, 6) is 1.49. The van der Waals surface area contributed by atoms with Crippen molar-refractivity contribution in [2.24, 2.45) is 7.05 Å². The quantitative estimate of drug-likeness (QED) is 0.432. The molecule has 1 aromatic carbocycles. The fourth-order valence-corrected chi connectivity index (χ4v) is 4.12. The van der Waals surface area contributed by atoms with Gasteiger partial charge in [0, 0.05) is 37.7 Å². The number of carbonyl (C=O) groups excluding carboxylic acids is 1. The van der Waals surface area contributed by atoms with E-state index in [2.05, 4.69) is 15.0 Å². The molecule has 0 N–H and O–H groups in total. The van der Waals surface area contributed by atoms with Crippen LogP contribution >= 0.6 is 0 Å². The number of aldehydes is 1. The van der Waals surface area contributed by atoms with E-state index in [1.165, 1.54) is 0 Å². The van der Waals surface area contributed by atoms with Gasteiger partial charge in [-0.15, -0.1) is 0 Å². The molecule has 1 saturated carbocycles. The molecule has 0 bridgehead atoms. The smallest absolute Gasteiger partial charge is 0.303 e. The van der Waals surface area contributed by atoms with E-state index in [0.29, 0.717) is 11.8 Å². The Labute approximate surface area is 180 Å². The zero-order chi connectivity index (χ0) is 21.4. The lowest BCUT2D eigenvalue weighted by Crippen LogP contribution is -2.37. The molecular weight excluding hydrogens is 390 g/mol. The highest BCUT2D eigenvalue weighted by atomic mass is 16.5. The number of rotatable bonds is 6. The Morgan fingerprint density at radius 3 is 2.48 bits per heavy atom. The Balaban J connectivity index is 1.40. The lowest BCUT2D eigenvalue weighted by Gasteiger charge is -2.39. The monoisotopic (exact) mass is 413 g/mol. The molecule has 3 heterocycles. The Morgan fingerprint density at radius 1 is 1.06 bits per heavy atom. The molecule has 3 aromatic heterocycles. The second-order valence-electron chi connectivity index (χ2n) is 7.96. The predicted octanol–water partition coefficient (Wildman–Crippen LogP) is 4.54. The number of aromatic nitrogens is 4. The van der Waals surface area contributed by atoms with Crippen LogP contribution in [0, 0.1) is 0 Å². The predicted molar refractivity (Wildman–Crippen MR) is 119 cm³/mol. The van der Waals surface area contributed by atoms with Crippen molar-refractivity contribution in [3.05, 3.63) is 66.5 Å². The number of ether oxygens (including phenoxy) is 1. The third-order valence-corrected chi connectivity index (χ3v) is 6.13. The van der Waals surface area contributed by atoms with Crippen molar-refractivity contribution >= 4 is 29.0 Å². The van der Waals surface area contributed by atoms with Gasteiger partial charge in [0.2, 0.25) is 0 Å². The average molecular weight is 413 g/mol. The van der Waals surface area contributed by atoms with E-state index in [0.717, 1.165) is 53.8 Å². The largest absolute Gasteiger partial charge is 0.425 e. The summed E-state index contributed by atoms with van der Waals surface area (Å²) < 4.78 is 7.81. The van der Waals surface area contributed by atoms with Crippen LogP contribution in [-0.4, -0.2) is 32.9 Å². The van der Waals surface area contributed by atoms with Gasteiger partial charge in [0.15, 0.2) is 5.65 Å². The number of anilines is 2. The first-order chi connectivity index (χ1) is 15.1. The molecule has 0 radical (unpaired) electrons. The van der Waals surface area contributed by atoms with Gasteiger partial charge in [-0.2, -0.15) is 4.98 Å². The number of pyridine rings is 2. The first-order valence-corrected chi connectivity index (χ1v) is 10.3. The summed E-state index contributed by atoms with van der Waals surface area (Å²) >= 11 is 0. The van der Waals surface area contributed by atoms with Crippen molar-refractivity contribution in [2.45, 2.75) is 24.7 Å². The van der Waals surface area contributed by atoms with Crippen molar-refractivity contribution < 1.29 is 9.53 Å². The van der Waals surface area contributed by atoms with Crippen LogP contribution in [0.15, 0.2) is 60.9 Å². The van der Waals surface area contributed by atoms with E-state index >= 15 is 0 Å². The summed E-state index contributed by atoms with van der Waals surface area (Å²) in [4.78, 5) is 27.3. The number of fused-ring (bicyclic) bond motifs is 1. The van der Waals surface area contributed by atoms with Gasteiger partial charge in [0.1, 0.15) is 23.4 Å². The van der Waals surface area contributed by atoms with Gasteiger partial charge >= 0.3 is 6.01 Å². The van der Waals surface area contributed by atoms with Gasteiger partial charge in [-0.05, 0) is 55.3 Å². The van der Waals surface area contributed by atoms with E-state index in [4.69, 9.17) is 4.74 Å². The van der Waals surface area contributed by atoms with Gasteiger partial charge in [-0.1, -0.05) is 12.5 Å². The van der Waals surface area contributed by atoms with Gasteiger partial charge < -0.3 is 14.4 Å². The lowest BCUT2D eigenvalue weighted by atomic mass is 9.65. The highest BCUT2D eigenvalue weighted by Crippen LogP contribution is 2.45. The molecule has 0 spiro atoms. The number of nitrogens with zero attached hydrogens (tertiary/aromatic N) is 5. The third kappa shape index (κ3) is 3.22. The first-order valence-electron chi connectivity index (χ1n) is 10.3. The van der Waals surface area contributed by atoms with Gasteiger partial charge in [0.25, 0.3) is 0 Å². The van der Waals surface area contributed by atoms with Crippen molar-refractivity contribution in [2.75, 3.05) is 11.9 Å². The molecule has 1 fully saturated rings. The molecule has 0 saturated heterocycles. The standard InChI is InChI=1S/C24H23N5O2/c1-28(21-19(6-3-14-25-21)24(16-30)12-5-13-24)17-8-10-18(11-9-17)31-23-27-20-7-4-15-26-22(20)29(23)2/h3-4,6-11,14-16H,5,12-13H2,1-2H3. The molecule has 0 aliphatic heterocycles. The van der Waals surface area contributed by atoms with Gasteiger partial charge in [-0.3, -0.25) is 4.57 Å². The summed E-state index contributed by atoms with van der Waals surface area (Å²) in [5.41, 5.74) is 3.11. The molecule has 4 aromatic rings. The van der Waals surface area contributed by atoms with Crippen LogP contribution in [-0.2, 0) is 17.3 Å². The van der Waals surface area contributed by atoms with Crippen molar-refractivity contribution in [3.63, 3.8) is 0 Å². The molecule has 0 atom stereocenters. The van der Waals surface area contributed by atoms with Crippen molar-refractivity contribution in [3.8, 4) is 11.8 Å². The molecule has 7 heteroatoms. The third-order valence-electron chi connectivity index (χ3n) is 6.13. The molecule has 1 aliphatic rings. The van der Waals surface area contributed by atoms with E-state index in [1.807, 2.05) is 72.1 Å². The molecule has 5 rings (SSSR count). The molecule has 31 heavy (non-hydrogen) atoms. The Morgan fingerprint density at radius 2 is 1.81 bits per heavy atom. The Kier molecular flexibility index (Phi) is 4.66. The van der Waals surface area contributed by atoms with E-state index in [1.54, 1.807) is 12.4 Å². The second kappa shape index (κ2) is 7.50. The van der Waals surface area contributed by atoms with Crippen molar-refractivity contribution in [1.82, 2.24) is 19.5 Å². The molecule has 1 aliphatic carbocycles. The lowest BCUT2D eigenvalue weighted by molar-refractivity contribution is -0.115. The van der Waals surface area contributed by atoms with Crippen LogP contribution < -0.4 is 9.64 Å². The van der Waals surface area contributed by atoms with Crippen LogP contribution in [0.2, 0.25) is 0 Å². The van der Waals surface area contributed by atoms with Crippen molar-refractivity contribution in [1.29, 1.82) is 0 Å². The van der Waals surface area contributed by atoms with E-state index in [9.17, 15) is 4.79 Å². The topological polar surface area (TPSA) is 73.1 Å². The fourth-order valence-electron chi connectivity index (χ4n) is 4.12.